The third-order valence-corrected chi connectivity index (χ3v) is 1.40. The predicted molar refractivity (Wildman–Crippen MR) is 41.6 cm³/mol. The number of rotatable bonds is 5. The summed E-state index contributed by atoms with van der Waals surface area (Å²) in [5.41, 5.74) is 0. The van der Waals surface area contributed by atoms with Gasteiger partial charge < -0.3 is 15.2 Å². The fourth-order valence-electron chi connectivity index (χ4n) is 0.751. The maximum atomic E-state index is 12.1. The summed E-state index contributed by atoms with van der Waals surface area (Å²) in [6, 6.07) is -0.551. The molecule has 12 heavy (non-hydrogen) atoms. The zero-order valence-electron chi connectivity index (χ0n) is 7.05. The highest BCUT2D eigenvalue weighted by Crippen LogP contribution is 1.97. The standard InChI is InChI=1S/C7H14FNO3/c1-12-7(11)9-6(5-8)3-2-4-10/h6,10H,2-5H2,1H3,(H,9,11). The molecule has 1 unspecified atom stereocenters. The van der Waals surface area contributed by atoms with Gasteiger partial charge in [-0.3, -0.25) is 0 Å². The number of alkyl halides is 1. The first kappa shape index (κ1) is 11.2. The van der Waals surface area contributed by atoms with Crippen molar-refractivity contribution in [2.75, 3.05) is 20.4 Å². The van der Waals surface area contributed by atoms with E-state index in [4.69, 9.17) is 5.11 Å². The summed E-state index contributed by atoms with van der Waals surface area (Å²) < 4.78 is 16.4. The topological polar surface area (TPSA) is 58.6 Å². The Morgan fingerprint density at radius 2 is 2.42 bits per heavy atom. The van der Waals surface area contributed by atoms with Gasteiger partial charge in [0, 0.05) is 6.61 Å². The number of alkyl carbamates (subject to hydrolysis) is 1. The van der Waals surface area contributed by atoms with Gasteiger partial charge >= 0.3 is 6.09 Å². The van der Waals surface area contributed by atoms with Gasteiger partial charge in [-0.2, -0.15) is 0 Å². The van der Waals surface area contributed by atoms with E-state index in [1.165, 1.54) is 7.11 Å². The lowest BCUT2D eigenvalue weighted by atomic mass is 10.2. The number of methoxy groups -OCH3 is 1. The van der Waals surface area contributed by atoms with Crippen molar-refractivity contribution < 1.29 is 19.0 Å². The highest BCUT2D eigenvalue weighted by atomic mass is 19.1. The van der Waals surface area contributed by atoms with Crippen LogP contribution in [0.15, 0.2) is 0 Å². The molecule has 0 heterocycles. The molecule has 2 N–H and O–H groups in total. The molecular weight excluding hydrogens is 165 g/mol. The molecule has 0 rings (SSSR count). The van der Waals surface area contributed by atoms with Gasteiger partial charge in [-0.05, 0) is 12.8 Å². The van der Waals surface area contributed by atoms with Crippen LogP contribution >= 0.6 is 0 Å². The molecule has 0 aliphatic rings. The first-order valence-electron chi connectivity index (χ1n) is 3.76. The van der Waals surface area contributed by atoms with Gasteiger partial charge in [-0.25, -0.2) is 9.18 Å². The summed E-state index contributed by atoms with van der Waals surface area (Å²) in [5.74, 6) is 0. The molecule has 5 heteroatoms. The normalized spacial score (nSPS) is 12.2. The fourth-order valence-corrected chi connectivity index (χ4v) is 0.751. The average Bonchev–Trinajstić information content (AvgIpc) is 2.11. The number of nitrogens with one attached hydrogen (secondary N) is 1. The number of amides is 1. The van der Waals surface area contributed by atoms with Crippen LogP contribution in [0.1, 0.15) is 12.8 Å². The molecule has 0 aliphatic heterocycles. The summed E-state index contributed by atoms with van der Waals surface area (Å²) in [4.78, 5) is 10.6. The zero-order valence-corrected chi connectivity index (χ0v) is 7.05. The van der Waals surface area contributed by atoms with E-state index < -0.39 is 18.8 Å². The minimum absolute atomic E-state index is 0.000642. The molecule has 0 aromatic rings. The lowest BCUT2D eigenvalue weighted by Gasteiger charge is -2.12. The predicted octanol–water partition coefficient (Wildman–Crippen LogP) is 0.453. The zero-order chi connectivity index (χ0) is 9.40. The molecule has 0 bridgehead atoms. The molecule has 72 valence electrons. The Hall–Kier alpha value is -0.840. The highest BCUT2D eigenvalue weighted by molar-refractivity contribution is 5.67. The number of hydrogen-bond acceptors (Lipinski definition) is 3. The van der Waals surface area contributed by atoms with Crippen molar-refractivity contribution in [2.45, 2.75) is 18.9 Å². The number of aliphatic hydroxyl groups excluding tert-OH is 1. The fraction of sp³-hybridized carbons (Fsp3) is 0.857. The first-order chi connectivity index (χ1) is 5.74. The quantitative estimate of drug-likeness (QED) is 0.644. The van der Waals surface area contributed by atoms with Crippen molar-refractivity contribution in [3.8, 4) is 0 Å². The highest BCUT2D eigenvalue weighted by Gasteiger charge is 2.10. The van der Waals surface area contributed by atoms with Gasteiger partial charge in [-0.1, -0.05) is 0 Å². The lowest BCUT2D eigenvalue weighted by molar-refractivity contribution is 0.161. The van der Waals surface area contributed by atoms with E-state index in [1.54, 1.807) is 0 Å². The van der Waals surface area contributed by atoms with Crippen molar-refractivity contribution in [2.24, 2.45) is 0 Å². The van der Waals surface area contributed by atoms with Crippen LogP contribution in [0.5, 0.6) is 0 Å². The Bertz CT molecular complexity index is 132. The monoisotopic (exact) mass is 179 g/mol. The van der Waals surface area contributed by atoms with E-state index in [1.807, 2.05) is 0 Å². The minimum atomic E-state index is -0.644. The lowest BCUT2D eigenvalue weighted by Crippen LogP contribution is -2.36. The van der Waals surface area contributed by atoms with Crippen molar-refractivity contribution in [1.29, 1.82) is 0 Å². The number of carbonyl (C=O) groups is 1. The maximum absolute atomic E-state index is 12.1. The second kappa shape index (κ2) is 6.84. The molecule has 0 aliphatic carbocycles. The second-order valence-electron chi connectivity index (χ2n) is 2.35. The van der Waals surface area contributed by atoms with Crippen molar-refractivity contribution in [3.63, 3.8) is 0 Å². The van der Waals surface area contributed by atoms with Crippen LogP contribution in [0.25, 0.3) is 0 Å². The summed E-state index contributed by atoms with van der Waals surface area (Å²) in [6.45, 7) is -0.644. The van der Waals surface area contributed by atoms with Crippen LogP contribution in [0.3, 0.4) is 0 Å². The van der Waals surface area contributed by atoms with Crippen molar-refractivity contribution in [3.05, 3.63) is 0 Å². The van der Waals surface area contributed by atoms with Crippen LogP contribution in [-0.4, -0.2) is 37.6 Å². The Balaban J connectivity index is 3.59. The number of aliphatic hydroxyl groups is 1. The van der Waals surface area contributed by atoms with Crippen LogP contribution in [-0.2, 0) is 4.74 Å². The van der Waals surface area contributed by atoms with E-state index in [0.717, 1.165) is 0 Å². The smallest absolute Gasteiger partial charge is 0.407 e. The molecule has 0 saturated carbocycles. The Kier molecular flexibility index (Phi) is 6.37. The van der Waals surface area contributed by atoms with Crippen molar-refractivity contribution in [1.82, 2.24) is 5.32 Å². The van der Waals surface area contributed by atoms with Gasteiger partial charge in [0.05, 0.1) is 13.2 Å². The summed E-state index contributed by atoms with van der Waals surface area (Å²) in [5, 5.41) is 10.7. The molecule has 0 spiro atoms. The second-order valence-corrected chi connectivity index (χ2v) is 2.35. The molecule has 1 atom stereocenters. The first-order valence-corrected chi connectivity index (χ1v) is 3.76. The van der Waals surface area contributed by atoms with Gasteiger partial charge in [0.15, 0.2) is 0 Å². The molecule has 1 amide bonds. The van der Waals surface area contributed by atoms with E-state index in [2.05, 4.69) is 10.1 Å². The molecular formula is C7H14FNO3. The Morgan fingerprint density at radius 1 is 1.75 bits per heavy atom. The largest absolute Gasteiger partial charge is 0.453 e. The summed E-state index contributed by atoms with van der Waals surface area (Å²) >= 11 is 0. The SMILES string of the molecule is COC(=O)NC(CF)CCCO. The number of ether oxygens (including phenoxy) is 1. The Labute approximate surface area is 70.7 Å². The molecule has 0 radical (unpaired) electrons. The third-order valence-electron chi connectivity index (χ3n) is 1.40. The van der Waals surface area contributed by atoms with Gasteiger partial charge in [0.25, 0.3) is 0 Å². The molecule has 0 saturated heterocycles. The van der Waals surface area contributed by atoms with E-state index in [-0.39, 0.29) is 6.61 Å². The van der Waals surface area contributed by atoms with Gasteiger partial charge in [0.1, 0.15) is 6.67 Å². The maximum Gasteiger partial charge on any atom is 0.407 e. The molecule has 0 aromatic heterocycles. The van der Waals surface area contributed by atoms with Crippen molar-refractivity contribution >= 4 is 6.09 Å². The minimum Gasteiger partial charge on any atom is -0.453 e. The summed E-state index contributed by atoms with van der Waals surface area (Å²) in [6.07, 6.45) is 0.247. The third kappa shape index (κ3) is 4.90. The van der Waals surface area contributed by atoms with Crippen LogP contribution in [0.2, 0.25) is 0 Å². The van der Waals surface area contributed by atoms with Crippen LogP contribution in [0, 0.1) is 0 Å². The van der Waals surface area contributed by atoms with Gasteiger partial charge in [0.2, 0.25) is 0 Å². The average molecular weight is 179 g/mol. The summed E-state index contributed by atoms with van der Waals surface area (Å²) in [7, 11) is 1.22. The van der Waals surface area contributed by atoms with E-state index in [9.17, 15) is 9.18 Å². The number of hydrogen-bond donors (Lipinski definition) is 2. The Morgan fingerprint density at radius 3 is 2.83 bits per heavy atom. The molecule has 4 nitrogen and oxygen atoms in total. The van der Waals surface area contributed by atoms with E-state index in [0.29, 0.717) is 12.8 Å². The molecule has 0 fully saturated rings. The molecule has 0 aromatic carbocycles. The van der Waals surface area contributed by atoms with Gasteiger partial charge in [-0.15, -0.1) is 0 Å². The number of carbonyl (C=O) groups excluding carboxylic acids is 1. The number of halogens is 1. The van der Waals surface area contributed by atoms with E-state index >= 15 is 0 Å². The van der Waals surface area contributed by atoms with Crippen LogP contribution < -0.4 is 5.32 Å². The van der Waals surface area contributed by atoms with Crippen LogP contribution in [0.4, 0.5) is 9.18 Å².